The highest BCUT2D eigenvalue weighted by molar-refractivity contribution is 7.90. The Labute approximate surface area is 105 Å². The standard InChI is InChI=1S/C11H15F2NO3S/c1-8(2)18(15,16)14-7-9-5-3-4-6-10(9)17-11(12)13/h3-6,8,11,14H,7H2,1-2H3. The van der Waals surface area contributed by atoms with Crippen LogP contribution in [0.15, 0.2) is 24.3 Å². The number of para-hydroxylation sites is 1. The van der Waals surface area contributed by atoms with Gasteiger partial charge in [0.25, 0.3) is 0 Å². The van der Waals surface area contributed by atoms with E-state index in [0.717, 1.165) is 0 Å². The highest BCUT2D eigenvalue weighted by Crippen LogP contribution is 2.20. The zero-order valence-electron chi connectivity index (χ0n) is 10.1. The molecule has 102 valence electrons. The van der Waals surface area contributed by atoms with E-state index in [1.54, 1.807) is 6.07 Å². The molecule has 0 fully saturated rings. The molecule has 4 nitrogen and oxygen atoms in total. The Morgan fingerprint density at radius 2 is 1.89 bits per heavy atom. The van der Waals surface area contributed by atoms with E-state index in [9.17, 15) is 17.2 Å². The van der Waals surface area contributed by atoms with Gasteiger partial charge >= 0.3 is 6.61 Å². The van der Waals surface area contributed by atoms with E-state index in [2.05, 4.69) is 9.46 Å². The van der Waals surface area contributed by atoms with Gasteiger partial charge in [-0.2, -0.15) is 8.78 Å². The van der Waals surface area contributed by atoms with Crippen molar-refractivity contribution in [1.82, 2.24) is 4.72 Å². The van der Waals surface area contributed by atoms with Crippen LogP contribution >= 0.6 is 0 Å². The summed E-state index contributed by atoms with van der Waals surface area (Å²) in [6.45, 7) is 0.0462. The summed E-state index contributed by atoms with van der Waals surface area (Å²) in [4.78, 5) is 0. The van der Waals surface area contributed by atoms with Crippen molar-refractivity contribution in [1.29, 1.82) is 0 Å². The molecule has 0 heterocycles. The highest BCUT2D eigenvalue weighted by atomic mass is 32.2. The minimum Gasteiger partial charge on any atom is -0.434 e. The Morgan fingerprint density at radius 1 is 1.28 bits per heavy atom. The molecule has 18 heavy (non-hydrogen) atoms. The van der Waals surface area contributed by atoms with Gasteiger partial charge in [0.15, 0.2) is 0 Å². The predicted molar refractivity (Wildman–Crippen MR) is 64.0 cm³/mol. The fourth-order valence-electron chi connectivity index (χ4n) is 1.21. The number of benzene rings is 1. The lowest BCUT2D eigenvalue weighted by Gasteiger charge is -2.13. The molecule has 1 aromatic rings. The number of ether oxygens (including phenoxy) is 1. The third kappa shape index (κ3) is 4.23. The van der Waals surface area contributed by atoms with Gasteiger partial charge in [0.05, 0.1) is 5.25 Å². The van der Waals surface area contributed by atoms with Crippen LogP contribution in [0.25, 0.3) is 0 Å². The number of hydrogen-bond acceptors (Lipinski definition) is 3. The lowest BCUT2D eigenvalue weighted by Crippen LogP contribution is -2.30. The lowest BCUT2D eigenvalue weighted by atomic mass is 10.2. The topological polar surface area (TPSA) is 55.4 Å². The van der Waals surface area contributed by atoms with Gasteiger partial charge in [0.1, 0.15) is 5.75 Å². The number of sulfonamides is 1. The number of hydrogen-bond donors (Lipinski definition) is 1. The summed E-state index contributed by atoms with van der Waals surface area (Å²) in [6, 6.07) is 6.06. The van der Waals surface area contributed by atoms with E-state index < -0.39 is 21.9 Å². The van der Waals surface area contributed by atoms with Crippen LogP contribution in [0.1, 0.15) is 19.4 Å². The van der Waals surface area contributed by atoms with Crippen LogP contribution in [0.2, 0.25) is 0 Å². The third-order valence-electron chi connectivity index (χ3n) is 2.27. The quantitative estimate of drug-likeness (QED) is 0.867. The maximum atomic E-state index is 12.1. The average Bonchev–Trinajstić information content (AvgIpc) is 2.27. The summed E-state index contributed by atoms with van der Waals surface area (Å²) in [5.41, 5.74) is 0.363. The Bertz CT molecular complexity index is 489. The van der Waals surface area contributed by atoms with Crippen LogP contribution < -0.4 is 9.46 Å². The lowest BCUT2D eigenvalue weighted by molar-refractivity contribution is -0.0504. The zero-order valence-corrected chi connectivity index (χ0v) is 10.9. The van der Waals surface area contributed by atoms with Crippen molar-refractivity contribution in [2.75, 3.05) is 0 Å². The zero-order chi connectivity index (χ0) is 13.8. The molecule has 0 bridgehead atoms. The van der Waals surface area contributed by atoms with Gasteiger partial charge in [-0.15, -0.1) is 0 Å². The van der Waals surface area contributed by atoms with Crippen LogP contribution in [0.5, 0.6) is 5.75 Å². The second-order valence-corrected chi connectivity index (χ2v) is 6.22. The number of nitrogens with one attached hydrogen (secondary N) is 1. The molecule has 0 radical (unpaired) electrons. The summed E-state index contributed by atoms with van der Waals surface area (Å²) < 4.78 is 54.0. The maximum absolute atomic E-state index is 12.1. The van der Waals surface area contributed by atoms with Crippen LogP contribution in [0.4, 0.5) is 8.78 Å². The molecule has 0 aromatic heterocycles. The van der Waals surface area contributed by atoms with Gasteiger partial charge < -0.3 is 4.74 Å². The minimum absolute atomic E-state index is 0.0287. The molecule has 1 rings (SSSR count). The Kier molecular flexibility index (Phi) is 5.03. The highest BCUT2D eigenvalue weighted by Gasteiger charge is 2.16. The van der Waals surface area contributed by atoms with Crippen LogP contribution in [-0.2, 0) is 16.6 Å². The average molecular weight is 279 g/mol. The molecule has 0 atom stereocenters. The number of alkyl halides is 2. The Morgan fingerprint density at radius 3 is 2.44 bits per heavy atom. The first-order valence-corrected chi connectivity index (χ1v) is 6.88. The van der Waals surface area contributed by atoms with Crippen molar-refractivity contribution in [2.45, 2.75) is 32.3 Å². The van der Waals surface area contributed by atoms with E-state index in [0.29, 0.717) is 5.56 Å². The van der Waals surface area contributed by atoms with E-state index in [4.69, 9.17) is 0 Å². The van der Waals surface area contributed by atoms with Crippen molar-refractivity contribution < 1.29 is 21.9 Å². The van der Waals surface area contributed by atoms with Gasteiger partial charge in [-0.1, -0.05) is 18.2 Å². The summed E-state index contributed by atoms with van der Waals surface area (Å²) >= 11 is 0. The molecule has 0 aliphatic heterocycles. The third-order valence-corrected chi connectivity index (χ3v) is 4.06. The number of rotatable bonds is 6. The Balaban J connectivity index is 2.79. The van der Waals surface area contributed by atoms with Crippen molar-refractivity contribution in [3.8, 4) is 5.75 Å². The summed E-state index contributed by atoms with van der Waals surface area (Å²) in [5, 5.41) is -0.583. The monoisotopic (exact) mass is 279 g/mol. The molecule has 0 spiro atoms. The molecule has 7 heteroatoms. The smallest absolute Gasteiger partial charge is 0.387 e. The summed E-state index contributed by atoms with van der Waals surface area (Å²) in [6.07, 6.45) is 0. The molecule has 0 saturated carbocycles. The number of halogens is 2. The molecule has 1 N–H and O–H groups in total. The Hall–Kier alpha value is -1.21. The van der Waals surface area contributed by atoms with E-state index in [-0.39, 0.29) is 12.3 Å². The van der Waals surface area contributed by atoms with E-state index in [1.165, 1.54) is 32.0 Å². The normalized spacial score (nSPS) is 12.1. The molecule has 0 unspecified atom stereocenters. The summed E-state index contributed by atoms with van der Waals surface area (Å²) in [5.74, 6) is -0.0287. The van der Waals surface area contributed by atoms with Crippen molar-refractivity contribution >= 4 is 10.0 Å². The molecule has 0 aliphatic carbocycles. The SMILES string of the molecule is CC(C)S(=O)(=O)NCc1ccccc1OC(F)F. The molecular weight excluding hydrogens is 264 g/mol. The second kappa shape index (κ2) is 6.10. The minimum atomic E-state index is -3.43. The fourth-order valence-corrected chi connectivity index (χ4v) is 1.90. The van der Waals surface area contributed by atoms with Gasteiger partial charge in [0, 0.05) is 12.1 Å². The molecule has 0 aliphatic rings. The van der Waals surface area contributed by atoms with Crippen molar-refractivity contribution in [2.24, 2.45) is 0 Å². The van der Waals surface area contributed by atoms with Gasteiger partial charge in [-0.25, -0.2) is 13.1 Å². The first-order chi connectivity index (χ1) is 8.33. The predicted octanol–water partition coefficient (Wildman–Crippen LogP) is 2.12. The summed E-state index contributed by atoms with van der Waals surface area (Å²) in [7, 11) is -3.43. The van der Waals surface area contributed by atoms with Crippen LogP contribution in [-0.4, -0.2) is 20.3 Å². The molecule has 0 amide bonds. The van der Waals surface area contributed by atoms with Gasteiger partial charge in [-0.3, -0.25) is 0 Å². The van der Waals surface area contributed by atoms with Crippen LogP contribution in [0, 0.1) is 0 Å². The maximum Gasteiger partial charge on any atom is 0.387 e. The first-order valence-electron chi connectivity index (χ1n) is 5.34. The van der Waals surface area contributed by atoms with Crippen molar-refractivity contribution in [3.63, 3.8) is 0 Å². The largest absolute Gasteiger partial charge is 0.434 e. The van der Waals surface area contributed by atoms with Crippen LogP contribution in [0.3, 0.4) is 0 Å². The molecular formula is C11H15F2NO3S. The van der Waals surface area contributed by atoms with Gasteiger partial charge in [0.2, 0.25) is 10.0 Å². The van der Waals surface area contributed by atoms with Crippen molar-refractivity contribution in [3.05, 3.63) is 29.8 Å². The second-order valence-electron chi connectivity index (χ2n) is 3.90. The molecule has 0 saturated heterocycles. The first kappa shape index (κ1) is 14.8. The van der Waals surface area contributed by atoms with E-state index >= 15 is 0 Å². The molecule has 1 aromatic carbocycles. The fraction of sp³-hybridized carbons (Fsp3) is 0.455. The van der Waals surface area contributed by atoms with E-state index in [1.807, 2.05) is 0 Å². The van der Waals surface area contributed by atoms with Gasteiger partial charge in [-0.05, 0) is 19.9 Å².